The molecule has 7 nitrogen and oxygen atoms in total. The number of H-pyrrole nitrogens is 1. The predicted octanol–water partition coefficient (Wildman–Crippen LogP) is 0.272. The van der Waals surface area contributed by atoms with Gasteiger partial charge in [-0.2, -0.15) is 9.78 Å². The van der Waals surface area contributed by atoms with Crippen LogP contribution in [0, 0.1) is 0 Å². The Morgan fingerprint density at radius 1 is 1.33 bits per heavy atom. The van der Waals surface area contributed by atoms with Gasteiger partial charge in [-0.15, -0.1) is 0 Å². The van der Waals surface area contributed by atoms with Crippen LogP contribution in [0.5, 0.6) is 0 Å². The Labute approximate surface area is 104 Å². The van der Waals surface area contributed by atoms with Crippen molar-refractivity contribution in [2.45, 2.75) is 0 Å². The van der Waals surface area contributed by atoms with Gasteiger partial charge in [-0.05, 0) is 12.1 Å². The largest absolute Gasteiger partial charge is 0.476 e. The Morgan fingerprint density at radius 3 is 2.61 bits per heavy atom. The highest BCUT2D eigenvalue weighted by atomic mass is 35.5. The van der Waals surface area contributed by atoms with Crippen LogP contribution in [0.1, 0.15) is 10.5 Å². The molecule has 0 saturated heterocycles. The number of carboxylic acids is 1. The number of nitrogens with one attached hydrogen (secondary N) is 1. The number of rotatable bonds is 2. The fraction of sp³-hybridized carbons (Fsp3) is 0. The molecule has 1 aromatic carbocycles. The van der Waals surface area contributed by atoms with E-state index in [9.17, 15) is 14.4 Å². The van der Waals surface area contributed by atoms with Gasteiger partial charge >= 0.3 is 11.7 Å². The van der Waals surface area contributed by atoms with Crippen LogP contribution in [0.15, 0.2) is 33.9 Å². The molecule has 0 aliphatic carbocycles. The maximum Gasteiger partial charge on any atom is 0.362 e. The number of carbonyl (C=O) groups is 1. The summed E-state index contributed by atoms with van der Waals surface area (Å²) in [6.45, 7) is 0. The first kappa shape index (κ1) is 12.1. The minimum absolute atomic E-state index is 0.183. The maximum absolute atomic E-state index is 11.6. The molecule has 0 radical (unpaired) electrons. The monoisotopic (exact) mass is 267 g/mol. The lowest BCUT2D eigenvalue weighted by Crippen LogP contribution is -2.35. The molecule has 0 fully saturated rings. The Kier molecular flexibility index (Phi) is 2.99. The number of aromatic amines is 1. The van der Waals surface area contributed by atoms with Crippen molar-refractivity contribution in [2.75, 3.05) is 0 Å². The highest BCUT2D eigenvalue weighted by molar-refractivity contribution is 6.32. The van der Waals surface area contributed by atoms with Crippen molar-refractivity contribution in [3.8, 4) is 5.69 Å². The zero-order chi connectivity index (χ0) is 13.3. The minimum Gasteiger partial charge on any atom is -0.476 e. The summed E-state index contributed by atoms with van der Waals surface area (Å²) >= 11 is 5.86. The van der Waals surface area contributed by atoms with Gasteiger partial charge in [0.2, 0.25) is 5.69 Å². The van der Waals surface area contributed by atoms with Crippen LogP contribution >= 0.6 is 11.6 Å². The minimum atomic E-state index is -1.53. The number of halogens is 1. The third-order valence-corrected chi connectivity index (χ3v) is 2.43. The van der Waals surface area contributed by atoms with Crippen LogP contribution in [0.2, 0.25) is 5.02 Å². The van der Waals surface area contributed by atoms with E-state index >= 15 is 0 Å². The number of hydrogen-bond acceptors (Lipinski definition) is 4. The van der Waals surface area contributed by atoms with E-state index in [0.717, 1.165) is 4.68 Å². The lowest BCUT2D eigenvalue weighted by atomic mass is 10.3. The van der Waals surface area contributed by atoms with Crippen LogP contribution < -0.4 is 11.2 Å². The zero-order valence-electron chi connectivity index (χ0n) is 8.75. The van der Waals surface area contributed by atoms with Crippen molar-refractivity contribution >= 4 is 17.6 Å². The highest BCUT2D eigenvalue weighted by Gasteiger charge is 2.15. The van der Waals surface area contributed by atoms with Crippen molar-refractivity contribution in [1.29, 1.82) is 0 Å². The molecule has 0 saturated carbocycles. The average Bonchev–Trinajstić information content (AvgIpc) is 2.30. The van der Waals surface area contributed by atoms with Gasteiger partial charge < -0.3 is 5.11 Å². The number of para-hydroxylation sites is 1. The van der Waals surface area contributed by atoms with E-state index in [2.05, 4.69) is 5.10 Å². The van der Waals surface area contributed by atoms with Crippen molar-refractivity contribution in [3.05, 3.63) is 55.8 Å². The molecule has 18 heavy (non-hydrogen) atoms. The zero-order valence-corrected chi connectivity index (χ0v) is 9.51. The summed E-state index contributed by atoms with van der Waals surface area (Å²) in [5.41, 5.74) is -2.52. The lowest BCUT2D eigenvalue weighted by molar-refractivity contribution is 0.0685. The molecular formula is C10H6ClN3O4. The summed E-state index contributed by atoms with van der Waals surface area (Å²) in [6, 6.07) is 6.22. The third kappa shape index (κ3) is 2.03. The van der Waals surface area contributed by atoms with E-state index in [1.54, 1.807) is 12.1 Å². The average molecular weight is 268 g/mol. The normalized spacial score (nSPS) is 10.3. The van der Waals surface area contributed by atoms with E-state index in [-0.39, 0.29) is 10.7 Å². The van der Waals surface area contributed by atoms with Gasteiger partial charge in [-0.1, -0.05) is 23.7 Å². The molecule has 0 spiro atoms. The molecule has 2 rings (SSSR count). The van der Waals surface area contributed by atoms with Gasteiger partial charge in [0.1, 0.15) is 0 Å². The molecule has 2 aromatic rings. The van der Waals surface area contributed by atoms with Gasteiger partial charge in [-0.25, -0.2) is 9.59 Å². The second kappa shape index (κ2) is 4.46. The predicted molar refractivity (Wildman–Crippen MR) is 62.4 cm³/mol. The molecule has 0 bridgehead atoms. The number of benzene rings is 1. The molecule has 2 N–H and O–H groups in total. The van der Waals surface area contributed by atoms with Crippen molar-refractivity contribution < 1.29 is 9.90 Å². The second-order valence-corrected chi connectivity index (χ2v) is 3.68. The molecule has 0 amide bonds. The number of hydrogen-bond donors (Lipinski definition) is 2. The van der Waals surface area contributed by atoms with Crippen LogP contribution in [-0.4, -0.2) is 25.8 Å². The van der Waals surface area contributed by atoms with Gasteiger partial charge in [0.25, 0.3) is 5.56 Å². The van der Waals surface area contributed by atoms with E-state index < -0.39 is 22.9 Å². The molecule has 8 heteroatoms. The van der Waals surface area contributed by atoms with E-state index in [4.69, 9.17) is 16.7 Å². The maximum atomic E-state index is 11.6. The summed E-state index contributed by atoms with van der Waals surface area (Å²) < 4.78 is 0.729. The molecule has 92 valence electrons. The van der Waals surface area contributed by atoms with E-state index in [1.807, 2.05) is 4.98 Å². The summed E-state index contributed by atoms with van der Waals surface area (Å²) in [6.07, 6.45) is 0. The number of aromatic carboxylic acids is 1. The first-order valence-corrected chi connectivity index (χ1v) is 5.10. The van der Waals surface area contributed by atoms with E-state index in [1.165, 1.54) is 12.1 Å². The van der Waals surface area contributed by atoms with Crippen molar-refractivity contribution in [1.82, 2.24) is 14.8 Å². The smallest absolute Gasteiger partial charge is 0.362 e. The van der Waals surface area contributed by atoms with Gasteiger partial charge in [0, 0.05) is 0 Å². The molecule has 0 aliphatic rings. The quantitative estimate of drug-likeness (QED) is 0.813. The Bertz CT molecular complexity index is 734. The Hall–Kier alpha value is -2.41. The molecule has 0 atom stereocenters. The van der Waals surface area contributed by atoms with Gasteiger partial charge in [-0.3, -0.25) is 9.78 Å². The van der Waals surface area contributed by atoms with Crippen molar-refractivity contribution in [2.24, 2.45) is 0 Å². The van der Waals surface area contributed by atoms with Crippen LogP contribution in [-0.2, 0) is 0 Å². The second-order valence-electron chi connectivity index (χ2n) is 3.28. The van der Waals surface area contributed by atoms with Crippen LogP contribution in [0.4, 0.5) is 0 Å². The Balaban J connectivity index is 2.77. The summed E-state index contributed by atoms with van der Waals surface area (Å²) in [4.78, 5) is 35.4. The fourth-order valence-electron chi connectivity index (χ4n) is 1.33. The molecule has 1 heterocycles. The topological polar surface area (TPSA) is 105 Å². The standard InChI is InChI=1S/C10H6ClN3O4/c11-5-3-1-2-4-6(5)14-10(18)12-8(15)7(13-14)9(16)17/h1-4H,(H,16,17)(H,12,15,18). The fourth-order valence-corrected chi connectivity index (χ4v) is 1.54. The van der Waals surface area contributed by atoms with Crippen LogP contribution in [0.3, 0.4) is 0 Å². The van der Waals surface area contributed by atoms with Crippen LogP contribution in [0.25, 0.3) is 5.69 Å². The highest BCUT2D eigenvalue weighted by Crippen LogP contribution is 2.16. The van der Waals surface area contributed by atoms with Gasteiger partial charge in [0.05, 0.1) is 10.7 Å². The van der Waals surface area contributed by atoms with Crippen molar-refractivity contribution in [3.63, 3.8) is 0 Å². The lowest BCUT2D eigenvalue weighted by Gasteiger charge is -2.05. The summed E-state index contributed by atoms with van der Waals surface area (Å²) in [5.74, 6) is -1.53. The molecule has 1 aromatic heterocycles. The molecule has 0 unspecified atom stereocenters. The number of carboxylic acid groups (broad SMARTS) is 1. The number of nitrogens with zero attached hydrogens (tertiary/aromatic N) is 2. The third-order valence-electron chi connectivity index (χ3n) is 2.11. The molecular weight excluding hydrogens is 262 g/mol. The SMILES string of the molecule is O=C(O)c1nn(-c2ccccc2Cl)c(=O)[nH]c1=O. The first-order valence-electron chi connectivity index (χ1n) is 4.72. The summed E-state index contributed by atoms with van der Waals surface area (Å²) in [7, 11) is 0. The van der Waals surface area contributed by atoms with E-state index in [0.29, 0.717) is 0 Å². The first-order chi connectivity index (χ1) is 8.50. The Morgan fingerprint density at radius 2 is 2.00 bits per heavy atom. The molecule has 0 aliphatic heterocycles. The number of aromatic nitrogens is 3. The summed E-state index contributed by atoms with van der Waals surface area (Å²) in [5, 5.41) is 12.4. The van der Waals surface area contributed by atoms with Gasteiger partial charge in [0.15, 0.2) is 0 Å².